The van der Waals surface area contributed by atoms with Crippen LogP contribution in [0.5, 0.6) is 5.75 Å². The first-order chi connectivity index (χ1) is 8.54. The molecule has 0 aliphatic heterocycles. The van der Waals surface area contributed by atoms with Gasteiger partial charge < -0.3 is 20.8 Å². The van der Waals surface area contributed by atoms with Crippen molar-refractivity contribution >= 4 is 17.6 Å². The minimum absolute atomic E-state index is 0.00906. The lowest BCUT2D eigenvalue weighted by molar-refractivity contribution is -0.116. The molecule has 0 unspecified atom stereocenters. The van der Waals surface area contributed by atoms with Gasteiger partial charge in [0.1, 0.15) is 5.75 Å². The van der Waals surface area contributed by atoms with Gasteiger partial charge in [-0.2, -0.15) is 0 Å². The van der Waals surface area contributed by atoms with Gasteiger partial charge in [0.25, 0.3) is 0 Å². The predicted octanol–water partition coefficient (Wildman–Crippen LogP) is 1.03. The van der Waals surface area contributed by atoms with Gasteiger partial charge in [-0.05, 0) is 24.7 Å². The number of aromatic carboxylic acids is 1. The standard InChI is InChI=1S/C12H16N2O4/c1-2-13-6-5-11(16)14-9-7-8(12(17)18)3-4-10(9)15/h3-4,7,13,15H,2,5-6H2,1H3,(H,14,16)(H,17,18). The van der Waals surface area contributed by atoms with E-state index in [1.54, 1.807) is 0 Å². The zero-order valence-corrected chi connectivity index (χ0v) is 10.1. The molecule has 0 atom stereocenters. The number of carboxylic acid groups (broad SMARTS) is 1. The molecule has 1 amide bonds. The van der Waals surface area contributed by atoms with Crippen LogP contribution in [0.25, 0.3) is 0 Å². The molecule has 18 heavy (non-hydrogen) atoms. The lowest BCUT2D eigenvalue weighted by Crippen LogP contribution is -2.21. The summed E-state index contributed by atoms with van der Waals surface area (Å²) in [5, 5.41) is 23.8. The van der Waals surface area contributed by atoms with Crippen molar-refractivity contribution in [1.29, 1.82) is 0 Å². The van der Waals surface area contributed by atoms with E-state index in [2.05, 4.69) is 10.6 Å². The molecular weight excluding hydrogens is 236 g/mol. The van der Waals surface area contributed by atoms with Gasteiger partial charge in [-0.3, -0.25) is 4.79 Å². The number of hydrogen-bond acceptors (Lipinski definition) is 4. The number of nitrogens with one attached hydrogen (secondary N) is 2. The lowest BCUT2D eigenvalue weighted by Gasteiger charge is -2.08. The summed E-state index contributed by atoms with van der Waals surface area (Å²) in [5.41, 5.74) is 0.117. The number of benzene rings is 1. The van der Waals surface area contributed by atoms with E-state index in [0.29, 0.717) is 6.54 Å². The molecule has 0 heterocycles. The molecule has 6 nitrogen and oxygen atoms in total. The van der Waals surface area contributed by atoms with Gasteiger partial charge in [-0.1, -0.05) is 6.92 Å². The van der Waals surface area contributed by atoms with Crippen molar-refractivity contribution in [1.82, 2.24) is 5.32 Å². The van der Waals surface area contributed by atoms with E-state index in [-0.39, 0.29) is 29.3 Å². The van der Waals surface area contributed by atoms with Crippen LogP contribution in [0.4, 0.5) is 5.69 Å². The molecule has 0 aliphatic rings. The molecule has 0 saturated carbocycles. The summed E-state index contributed by atoms with van der Waals surface area (Å²) in [6, 6.07) is 3.73. The molecule has 0 aromatic heterocycles. The highest BCUT2D eigenvalue weighted by atomic mass is 16.4. The first-order valence-electron chi connectivity index (χ1n) is 5.61. The predicted molar refractivity (Wildman–Crippen MR) is 66.9 cm³/mol. The summed E-state index contributed by atoms with van der Waals surface area (Å²) in [4.78, 5) is 22.3. The average Bonchev–Trinajstić information content (AvgIpc) is 2.32. The van der Waals surface area contributed by atoms with Crippen molar-refractivity contribution in [3.05, 3.63) is 23.8 Å². The quantitative estimate of drug-likeness (QED) is 0.447. The number of carboxylic acids is 1. The topological polar surface area (TPSA) is 98.7 Å². The van der Waals surface area contributed by atoms with Gasteiger partial charge in [0.2, 0.25) is 5.91 Å². The van der Waals surface area contributed by atoms with E-state index in [9.17, 15) is 14.7 Å². The minimum Gasteiger partial charge on any atom is -0.506 e. The number of phenols is 1. The zero-order valence-electron chi connectivity index (χ0n) is 10.1. The van der Waals surface area contributed by atoms with E-state index in [4.69, 9.17) is 5.11 Å². The maximum Gasteiger partial charge on any atom is 0.335 e. The monoisotopic (exact) mass is 252 g/mol. The number of aromatic hydroxyl groups is 1. The van der Waals surface area contributed by atoms with E-state index in [1.165, 1.54) is 18.2 Å². The summed E-state index contributed by atoms with van der Waals surface area (Å²) in [7, 11) is 0. The fourth-order valence-corrected chi connectivity index (χ4v) is 1.36. The van der Waals surface area contributed by atoms with Gasteiger partial charge in [-0.25, -0.2) is 4.79 Å². The van der Waals surface area contributed by atoms with Crippen molar-refractivity contribution in [3.63, 3.8) is 0 Å². The number of rotatable bonds is 6. The fourth-order valence-electron chi connectivity index (χ4n) is 1.36. The van der Waals surface area contributed by atoms with Crippen LogP contribution in [0, 0.1) is 0 Å². The van der Waals surface area contributed by atoms with Crippen molar-refractivity contribution in [2.24, 2.45) is 0 Å². The Morgan fingerprint density at radius 3 is 2.67 bits per heavy atom. The Morgan fingerprint density at radius 2 is 2.06 bits per heavy atom. The Bertz CT molecular complexity index is 446. The first-order valence-corrected chi connectivity index (χ1v) is 5.61. The lowest BCUT2D eigenvalue weighted by atomic mass is 10.2. The second-order valence-corrected chi connectivity index (χ2v) is 3.69. The normalized spacial score (nSPS) is 10.1. The van der Waals surface area contributed by atoms with Crippen molar-refractivity contribution in [2.45, 2.75) is 13.3 Å². The fraction of sp³-hybridized carbons (Fsp3) is 0.333. The summed E-state index contributed by atoms with van der Waals surface area (Å²) >= 11 is 0. The maximum atomic E-state index is 11.5. The smallest absolute Gasteiger partial charge is 0.335 e. The Balaban J connectivity index is 2.68. The molecule has 98 valence electrons. The highest BCUT2D eigenvalue weighted by molar-refractivity contribution is 5.95. The highest BCUT2D eigenvalue weighted by Gasteiger charge is 2.10. The first kappa shape index (κ1) is 14.0. The Hall–Kier alpha value is -2.08. The summed E-state index contributed by atoms with van der Waals surface area (Å²) in [5.74, 6) is -1.55. The molecule has 0 fully saturated rings. The van der Waals surface area contributed by atoms with Crippen LogP contribution in [-0.4, -0.2) is 35.2 Å². The van der Waals surface area contributed by atoms with Gasteiger partial charge >= 0.3 is 5.97 Å². The van der Waals surface area contributed by atoms with Crippen LogP contribution in [-0.2, 0) is 4.79 Å². The van der Waals surface area contributed by atoms with E-state index in [0.717, 1.165) is 6.54 Å². The number of hydrogen-bond donors (Lipinski definition) is 4. The zero-order chi connectivity index (χ0) is 13.5. The van der Waals surface area contributed by atoms with Gasteiger partial charge in [-0.15, -0.1) is 0 Å². The molecule has 6 heteroatoms. The van der Waals surface area contributed by atoms with Crippen LogP contribution in [0.2, 0.25) is 0 Å². The Morgan fingerprint density at radius 1 is 1.33 bits per heavy atom. The van der Waals surface area contributed by atoms with Gasteiger partial charge in [0.05, 0.1) is 11.3 Å². The minimum atomic E-state index is -1.11. The Labute approximate surface area is 105 Å². The van der Waals surface area contributed by atoms with E-state index < -0.39 is 5.97 Å². The third-order valence-corrected chi connectivity index (χ3v) is 2.30. The van der Waals surface area contributed by atoms with Crippen LogP contribution in [0.1, 0.15) is 23.7 Å². The van der Waals surface area contributed by atoms with Crippen LogP contribution >= 0.6 is 0 Å². The SMILES string of the molecule is CCNCCC(=O)Nc1cc(C(=O)O)ccc1O. The maximum absolute atomic E-state index is 11.5. The van der Waals surface area contributed by atoms with Gasteiger partial charge in [0, 0.05) is 13.0 Å². The average molecular weight is 252 g/mol. The number of amides is 1. The molecule has 4 N–H and O–H groups in total. The molecule has 0 aliphatic carbocycles. The molecule has 0 saturated heterocycles. The van der Waals surface area contributed by atoms with Gasteiger partial charge in [0.15, 0.2) is 0 Å². The van der Waals surface area contributed by atoms with Crippen molar-refractivity contribution in [3.8, 4) is 5.75 Å². The second-order valence-electron chi connectivity index (χ2n) is 3.69. The van der Waals surface area contributed by atoms with Crippen LogP contribution in [0.15, 0.2) is 18.2 Å². The van der Waals surface area contributed by atoms with E-state index >= 15 is 0 Å². The summed E-state index contributed by atoms with van der Waals surface area (Å²) in [6.07, 6.45) is 0.255. The van der Waals surface area contributed by atoms with Crippen LogP contribution < -0.4 is 10.6 Å². The third-order valence-electron chi connectivity index (χ3n) is 2.30. The molecule has 0 spiro atoms. The molecule has 1 aromatic carbocycles. The Kier molecular flexibility index (Phi) is 5.13. The third kappa shape index (κ3) is 4.06. The molecule has 1 aromatic rings. The summed E-state index contributed by atoms with van der Waals surface area (Å²) < 4.78 is 0. The number of carbonyl (C=O) groups excluding carboxylic acids is 1. The highest BCUT2D eigenvalue weighted by Crippen LogP contribution is 2.24. The molecular formula is C12H16N2O4. The number of phenolic OH excluding ortho intramolecular Hbond substituents is 1. The molecule has 0 bridgehead atoms. The number of carbonyl (C=O) groups is 2. The van der Waals surface area contributed by atoms with E-state index in [1.807, 2.05) is 6.92 Å². The second kappa shape index (κ2) is 6.61. The van der Waals surface area contributed by atoms with Crippen LogP contribution in [0.3, 0.4) is 0 Å². The molecule has 1 rings (SSSR count). The summed E-state index contributed by atoms with van der Waals surface area (Å²) in [6.45, 7) is 3.23. The largest absolute Gasteiger partial charge is 0.506 e. The number of anilines is 1. The molecule has 0 radical (unpaired) electrons. The van der Waals surface area contributed by atoms with Crippen molar-refractivity contribution < 1.29 is 19.8 Å². The van der Waals surface area contributed by atoms with Crippen molar-refractivity contribution in [2.75, 3.05) is 18.4 Å².